The van der Waals surface area contributed by atoms with Crippen molar-refractivity contribution in [2.24, 2.45) is 0 Å². The molecule has 0 aliphatic heterocycles. The molecule has 0 fully saturated rings. The fourth-order valence-electron chi connectivity index (χ4n) is 2.62. The van der Waals surface area contributed by atoms with Crippen molar-refractivity contribution in [3.63, 3.8) is 0 Å². The molecule has 27 heavy (non-hydrogen) atoms. The number of amides is 1. The van der Waals surface area contributed by atoms with Crippen LogP contribution in [-0.2, 0) is 20.9 Å². The predicted octanol–water partition coefficient (Wildman–Crippen LogP) is 2.20. The molecule has 138 valence electrons. The smallest absolute Gasteiger partial charge is 0.326 e. The van der Waals surface area contributed by atoms with Crippen LogP contribution >= 0.6 is 0 Å². The Balaban J connectivity index is 1.60. The zero-order valence-electron chi connectivity index (χ0n) is 15.1. The fourth-order valence-corrected chi connectivity index (χ4v) is 2.62. The van der Waals surface area contributed by atoms with Crippen molar-refractivity contribution >= 4 is 28.5 Å². The minimum absolute atomic E-state index is 0.312. The highest BCUT2D eigenvalue weighted by molar-refractivity contribution is 5.93. The summed E-state index contributed by atoms with van der Waals surface area (Å²) in [5.41, 5.74) is 2.89. The van der Waals surface area contributed by atoms with Crippen molar-refractivity contribution in [2.45, 2.75) is 20.4 Å². The van der Waals surface area contributed by atoms with Gasteiger partial charge < -0.3 is 10.1 Å². The van der Waals surface area contributed by atoms with Gasteiger partial charge in [0.05, 0.1) is 17.2 Å². The standard InChI is InChI=1S/C20H19N3O4/c1-13-6-5-9-16(14(13)2)22-18(24)11-27-19(25)10-23-12-21-17-8-4-3-7-15(17)20(23)26/h3-9,12H,10-11H2,1-2H3,(H,22,24). The molecule has 0 radical (unpaired) electrons. The molecule has 3 aromatic rings. The van der Waals surface area contributed by atoms with Crippen LogP contribution in [0.2, 0.25) is 0 Å². The third kappa shape index (κ3) is 4.20. The molecule has 2 aromatic carbocycles. The quantitative estimate of drug-likeness (QED) is 0.700. The van der Waals surface area contributed by atoms with Crippen molar-refractivity contribution in [3.8, 4) is 0 Å². The lowest BCUT2D eigenvalue weighted by Gasteiger charge is -2.11. The molecule has 1 amide bonds. The fraction of sp³-hybridized carbons (Fsp3) is 0.200. The molecule has 0 saturated carbocycles. The summed E-state index contributed by atoms with van der Waals surface area (Å²) in [5, 5.41) is 3.13. The first-order chi connectivity index (χ1) is 13.0. The van der Waals surface area contributed by atoms with E-state index in [4.69, 9.17) is 4.74 Å². The van der Waals surface area contributed by atoms with E-state index in [9.17, 15) is 14.4 Å². The highest BCUT2D eigenvalue weighted by Gasteiger charge is 2.12. The number of para-hydroxylation sites is 1. The van der Waals surface area contributed by atoms with Gasteiger partial charge in [0.15, 0.2) is 6.61 Å². The Bertz CT molecular complexity index is 1070. The van der Waals surface area contributed by atoms with Gasteiger partial charge in [0.1, 0.15) is 6.54 Å². The summed E-state index contributed by atoms with van der Waals surface area (Å²) in [6.45, 7) is 3.10. The predicted molar refractivity (Wildman–Crippen MR) is 102 cm³/mol. The molecule has 1 aromatic heterocycles. The molecule has 3 rings (SSSR count). The second-order valence-corrected chi connectivity index (χ2v) is 6.15. The maximum absolute atomic E-state index is 12.3. The molecular weight excluding hydrogens is 346 g/mol. The SMILES string of the molecule is Cc1cccc(NC(=O)COC(=O)Cn2cnc3ccccc3c2=O)c1C. The third-order valence-electron chi connectivity index (χ3n) is 4.27. The van der Waals surface area contributed by atoms with Gasteiger partial charge in [0, 0.05) is 5.69 Å². The Morgan fingerprint density at radius 2 is 1.89 bits per heavy atom. The molecule has 0 atom stereocenters. The molecule has 0 unspecified atom stereocenters. The van der Waals surface area contributed by atoms with Crippen LogP contribution in [0.1, 0.15) is 11.1 Å². The van der Waals surface area contributed by atoms with Gasteiger partial charge in [-0.05, 0) is 43.2 Å². The van der Waals surface area contributed by atoms with E-state index < -0.39 is 18.5 Å². The Hall–Kier alpha value is -3.48. The number of carbonyl (C=O) groups is 2. The molecule has 7 nitrogen and oxygen atoms in total. The minimum atomic E-state index is -0.690. The van der Waals surface area contributed by atoms with Crippen LogP contribution < -0.4 is 10.9 Å². The lowest BCUT2D eigenvalue weighted by Crippen LogP contribution is -2.28. The van der Waals surface area contributed by atoms with Crippen LogP contribution in [-0.4, -0.2) is 28.0 Å². The summed E-state index contributed by atoms with van der Waals surface area (Å²) in [4.78, 5) is 40.5. The Morgan fingerprint density at radius 1 is 1.11 bits per heavy atom. The molecule has 0 aliphatic carbocycles. The average molecular weight is 365 g/mol. The van der Waals surface area contributed by atoms with Gasteiger partial charge in [-0.1, -0.05) is 24.3 Å². The monoisotopic (exact) mass is 365 g/mol. The van der Waals surface area contributed by atoms with E-state index in [2.05, 4.69) is 10.3 Å². The maximum atomic E-state index is 12.3. The van der Waals surface area contributed by atoms with Crippen LogP contribution in [0.25, 0.3) is 10.9 Å². The Kier molecular flexibility index (Phi) is 5.30. The Morgan fingerprint density at radius 3 is 2.70 bits per heavy atom. The third-order valence-corrected chi connectivity index (χ3v) is 4.27. The summed E-state index contributed by atoms with van der Waals surface area (Å²) in [6.07, 6.45) is 1.29. The van der Waals surface area contributed by atoms with Gasteiger partial charge in [0.25, 0.3) is 11.5 Å². The average Bonchev–Trinajstić information content (AvgIpc) is 2.66. The number of hydrogen-bond donors (Lipinski definition) is 1. The van der Waals surface area contributed by atoms with Crippen molar-refractivity contribution in [1.82, 2.24) is 9.55 Å². The number of ether oxygens (including phenoxy) is 1. The van der Waals surface area contributed by atoms with Gasteiger partial charge in [-0.3, -0.25) is 19.0 Å². The largest absolute Gasteiger partial charge is 0.454 e. The van der Waals surface area contributed by atoms with Gasteiger partial charge in [-0.15, -0.1) is 0 Å². The highest BCUT2D eigenvalue weighted by atomic mass is 16.5. The summed E-state index contributed by atoms with van der Waals surface area (Å²) in [5.74, 6) is -1.13. The van der Waals surface area contributed by atoms with Crippen LogP contribution in [0.5, 0.6) is 0 Å². The van der Waals surface area contributed by atoms with E-state index in [-0.39, 0.29) is 12.1 Å². The number of rotatable bonds is 5. The molecule has 0 spiro atoms. The van der Waals surface area contributed by atoms with Crippen LogP contribution in [0.4, 0.5) is 5.69 Å². The number of anilines is 1. The summed E-state index contributed by atoms with van der Waals surface area (Å²) >= 11 is 0. The van der Waals surface area contributed by atoms with E-state index >= 15 is 0 Å². The van der Waals surface area contributed by atoms with Crippen molar-refractivity contribution in [1.29, 1.82) is 0 Å². The molecular formula is C20H19N3O4. The molecule has 0 saturated heterocycles. The number of aromatic nitrogens is 2. The van der Waals surface area contributed by atoms with Gasteiger partial charge in [-0.25, -0.2) is 4.98 Å². The van der Waals surface area contributed by atoms with E-state index in [1.165, 1.54) is 6.33 Å². The molecule has 7 heteroatoms. The van der Waals surface area contributed by atoms with Gasteiger partial charge >= 0.3 is 5.97 Å². The van der Waals surface area contributed by atoms with E-state index in [0.29, 0.717) is 16.6 Å². The number of benzene rings is 2. The number of nitrogens with zero attached hydrogens (tertiary/aromatic N) is 2. The molecule has 0 bridgehead atoms. The number of nitrogens with one attached hydrogen (secondary N) is 1. The zero-order valence-corrected chi connectivity index (χ0v) is 15.1. The maximum Gasteiger partial charge on any atom is 0.326 e. The van der Waals surface area contributed by atoms with Crippen LogP contribution in [0.3, 0.4) is 0 Å². The van der Waals surface area contributed by atoms with E-state index in [1.807, 2.05) is 26.0 Å². The lowest BCUT2D eigenvalue weighted by atomic mass is 10.1. The van der Waals surface area contributed by atoms with Crippen molar-refractivity contribution in [2.75, 3.05) is 11.9 Å². The second kappa shape index (κ2) is 7.82. The summed E-state index contributed by atoms with van der Waals surface area (Å²) in [6, 6.07) is 12.4. The number of carbonyl (C=O) groups excluding carboxylic acids is 2. The second-order valence-electron chi connectivity index (χ2n) is 6.15. The number of esters is 1. The first-order valence-electron chi connectivity index (χ1n) is 8.41. The van der Waals surface area contributed by atoms with Gasteiger partial charge in [0.2, 0.25) is 0 Å². The van der Waals surface area contributed by atoms with Crippen LogP contribution in [0.15, 0.2) is 53.6 Å². The van der Waals surface area contributed by atoms with Crippen molar-refractivity contribution in [3.05, 3.63) is 70.3 Å². The molecule has 1 N–H and O–H groups in total. The summed E-state index contributed by atoms with van der Waals surface area (Å²) in [7, 11) is 0. The van der Waals surface area contributed by atoms with Crippen molar-refractivity contribution < 1.29 is 14.3 Å². The molecule has 0 aliphatic rings. The number of aryl methyl sites for hydroxylation is 1. The normalized spacial score (nSPS) is 10.6. The highest BCUT2D eigenvalue weighted by Crippen LogP contribution is 2.17. The van der Waals surface area contributed by atoms with E-state index in [1.54, 1.807) is 30.3 Å². The topological polar surface area (TPSA) is 90.3 Å². The first-order valence-corrected chi connectivity index (χ1v) is 8.41. The van der Waals surface area contributed by atoms with Gasteiger partial charge in [-0.2, -0.15) is 0 Å². The first kappa shape index (κ1) is 18.3. The van der Waals surface area contributed by atoms with E-state index in [0.717, 1.165) is 15.7 Å². The zero-order chi connectivity index (χ0) is 19.4. The minimum Gasteiger partial charge on any atom is -0.454 e. The molecule has 1 heterocycles. The number of hydrogen-bond acceptors (Lipinski definition) is 5. The Labute approximate surface area is 155 Å². The number of fused-ring (bicyclic) bond motifs is 1. The lowest BCUT2D eigenvalue weighted by molar-refractivity contribution is -0.147. The summed E-state index contributed by atoms with van der Waals surface area (Å²) < 4.78 is 6.14. The van der Waals surface area contributed by atoms with Crippen LogP contribution in [0, 0.1) is 13.8 Å².